The van der Waals surface area contributed by atoms with Gasteiger partial charge in [-0.2, -0.15) is 0 Å². The zero-order chi connectivity index (χ0) is 17.6. The molecule has 1 amide bonds. The number of rotatable bonds is 7. The third kappa shape index (κ3) is 5.49. The van der Waals surface area contributed by atoms with Crippen molar-refractivity contribution in [2.75, 3.05) is 26.4 Å². The first kappa shape index (κ1) is 21.5. The van der Waals surface area contributed by atoms with Gasteiger partial charge in [0.05, 0.1) is 24.8 Å². The number of benzene rings is 1. The summed E-state index contributed by atoms with van der Waals surface area (Å²) in [5.41, 5.74) is 6.34. The van der Waals surface area contributed by atoms with Crippen molar-refractivity contribution in [1.29, 1.82) is 0 Å². The summed E-state index contributed by atoms with van der Waals surface area (Å²) in [6.45, 7) is 7.97. The molecule has 0 radical (unpaired) electrons. The van der Waals surface area contributed by atoms with Gasteiger partial charge in [-0.25, -0.2) is 0 Å². The number of hydrogen-bond donors (Lipinski definition) is 2. The quantitative estimate of drug-likeness (QED) is 0.768. The second-order valence-electron chi connectivity index (χ2n) is 6.04. The number of carbonyl (C=O) groups is 1. The van der Waals surface area contributed by atoms with Crippen molar-refractivity contribution in [1.82, 2.24) is 5.32 Å². The van der Waals surface area contributed by atoms with E-state index < -0.39 is 5.54 Å². The first-order chi connectivity index (χ1) is 11.5. The fraction of sp³-hybridized carbons (Fsp3) is 0.611. The Morgan fingerprint density at radius 3 is 2.44 bits per heavy atom. The Hall–Kier alpha value is -1.50. The SMILES string of the molecule is CCOc1ccc(C(C)NC(=O)C2(N)CCOCC2)cc1OCC.Cl. The van der Waals surface area contributed by atoms with Gasteiger partial charge in [0.2, 0.25) is 5.91 Å². The van der Waals surface area contributed by atoms with Gasteiger partial charge < -0.3 is 25.3 Å². The molecule has 2 rings (SSSR count). The Kier molecular flexibility index (Phi) is 8.48. The number of carbonyl (C=O) groups excluding carboxylic acids is 1. The van der Waals surface area contributed by atoms with E-state index in [0.717, 1.165) is 5.56 Å². The van der Waals surface area contributed by atoms with E-state index in [1.165, 1.54) is 0 Å². The van der Waals surface area contributed by atoms with Crippen LogP contribution in [-0.2, 0) is 9.53 Å². The molecule has 1 heterocycles. The highest BCUT2D eigenvalue weighted by atomic mass is 35.5. The molecule has 1 aliphatic rings. The van der Waals surface area contributed by atoms with Crippen molar-refractivity contribution >= 4 is 18.3 Å². The van der Waals surface area contributed by atoms with E-state index in [4.69, 9.17) is 19.9 Å². The summed E-state index contributed by atoms with van der Waals surface area (Å²) in [6.07, 6.45) is 1.08. The van der Waals surface area contributed by atoms with E-state index in [9.17, 15) is 4.79 Å². The van der Waals surface area contributed by atoms with Gasteiger partial charge in [0, 0.05) is 13.2 Å². The van der Waals surface area contributed by atoms with E-state index >= 15 is 0 Å². The summed E-state index contributed by atoms with van der Waals surface area (Å²) < 4.78 is 16.5. The molecule has 1 atom stereocenters. The Morgan fingerprint density at radius 1 is 1.24 bits per heavy atom. The second-order valence-corrected chi connectivity index (χ2v) is 6.04. The lowest BCUT2D eigenvalue weighted by Gasteiger charge is -2.33. The summed E-state index contributed by atoms with van der Waals surface area (Å²) in [5.74, 6) is 1.26. The number of nitrogens with two attached hydrogens (primary N) is 1. The lowest BCUT2D eigenvalue weighted by atomic mass is 9.90. The van der Waals surface area contributed by atoms with Crippen molar-refractivity contribution in [3.63, 3.8) is 0 Å². The van der Waals surface area contributed by atoms with Gasteiger partial charge in [0.15, 0.2) is 11.5 Å². The summed E-state index contributed by atoms with van der Waals surface area (Å²) in [5, 5.41) is 3.01. The average Bonchev–Trinajstić information content (AvgIpc) is 2.57. The number of halogens is 1. The molecule has 1 aliphatic heterocycles. The Morgan fingerprint density at radius 2 is 1.84 bits per heavy atom. The van der Waals surface area contributed by atoms with Crippen molar-refractivity contribution in [3.05, 3.63) is 23.8 Å². The molecule has 0 bridgehead atoms. The van der Waals surface area contributed by atoms with Gasteiger partial charge >= 0.3 is 0 Å². The van der Waals surface area contributed by atoms with Crippen molar-refractivity contribution in [3.8, 4) is 11.5 Å². The van der Waals surface area contributed by atoms with Gasteiger partial charge in [-0.1, -0.05) is 6.07 Å². The maximum Gasteiger partial charge on any atom is 0.240 e. The van der Waals surface area contributed by atoms with E-state index in [-0.39, 0.29) is 24.4 Å². The first-order valence-corrected chi connectivity index (χ1v) is 8.57. The van der Waals surface area contributed by atoms with Crippen molar-refractivity contribution in [2.45, 2.75) is 45.2 Å². The molecule has 0 spiro atoms. The van der Waals surface area contributed by atoms with Crippen LogP contribution >= 0.6 is 12.4 Å². The normalized spacial score (nSPS) is 17.1. The van der Waals surface area contributed by atoms with Crippen LogP contribution in [-0.4, -0.2) is 37.9 Å². The number of nitrogens with one attached hydrogen (secondary N) is 1. The molecule has 1 saturated heterocycles. The largest absolute Gasteiger partial charge is 0.490 e. The minimum atomic E-state index is -0.847. The molecule has 25 heavy (non-hydrogen) atoms. The second kappa shape index (κ2) is 9.85. The molecule has 7 heteroatoms. The van der Waals surface area contributed by atoms with Crippen LogP contribution in [0.4, 0.5) is 0 Å². The molecule has 6 nitrogen and oxygen atoms in total. The molecule has 1 fully saturated rings. The molecular formula is C18H29ClN2O4. The molecule has 3 N–H and O–H groups in total. The van der Waals surface area contributed by atoms with Crippen LogP contribution < -0.4 is 20.5 Å². The van der Waals surface area contributed by atoms with Crippen LogP contribution in [0, 0.1) is 0 Å². The van der Waals surface area contributed by atoms with Crippen LogP contribution in [0.2, 0.25) is 0 Å². The lowest BCUT2D eigenvalue weighted by molar-refractivity contribution is -0.130. The maximum atomic E-state index is 12.5. The van der Waals surface area contributed by atoms with Crippen LogP contribution in [0.5, 0.6) is 11.5 Å². The molecule has 1 aromatic carbocycles. The number of ether oxygens (including phenoxy) is 3. The first-order valence-electron chi connectivity index (χ1n) is 8.57. The van der Waals surface area contributed by atoms with Crippen LogP contribution in [0.25, 0.3) is 0 Å². The minimum absolute atomic E-state index is 0. The number of amides is 1. The highest BCUT2D eigenvalue weighted by molar-refractivity contribution is 5.86. The molecule has 0 aromatic heterocycles. The van der Waals surface area contributed by atoms with Gasteiger partial charge in [-0.05, 0) is 51.3 Å². The van der Waals surface area contributed by atoms with Gasteiger partial charge in [-0.3, -0.25) is 4.79 Å². The monoisotopic (exact) mass is 372 g/mol. The molecule has 1 unspecified atom stereocenters. The predicted molar refractivity (Wildman–Crippen MR) is 99.6 cm³/mol. The zero-order valence-corrected chi connectivity index (χ0v) is 16.0. The Labute approximate surface area is 155 Å². The van der Waals surface area contributed by atoms with Gasteiger partial charge in [0.1, 0.15) is 0 Å². The topological polar surface area (TPSA) is 82.8 Å². The number of hydrogen-bond acceptors (Lipinski definition) is 5. The highest BCUT2D eigenvalue weighted by Crippen LogP contribution is 2.31. The molecule has 1 aromatic rings. The van der Waals surface area contributed by atoms with Crippen molar-refractivity contribution in [2.24, 2.45) is 5.73 Å². The maximum absolute atomic E-state index is 12.5. The predicted octanol–water partition coefficient (Wildman–Crippen LogP) is 2.59. The van der Waals surface area contributed by atoms with E-state index in [2.05, 4.69) is 5.32 Å². The molecule has 142 valence electrons. The summed E-state index contributed by atoms with van der Waals surface area (Å²) >= 11 is 0. The van der Waals surface area contributed by atoms with Crippen LogP contribution in [0.3, 0.4) is 0 Å². The van der Waals surface area contributed by atoms with E-state index in [1.807, 2.05) is 39.0 Å². The summed E-state index contributed by atoms with van der Waals surface area (Å²) in [4.78, 5) is 12.5. The van der Waals surface area contributed by atoms with Gasteiger partial charge in [-0.15, -0.1) is 12.4 Å². The summed E-state index contributed by atoms with van der Waals surface area (Å²) in [7, 11) is 0. The third-order valence-electron chi connectivity index (χ3n) is 4.25. The zero-order valence-electron chi connectivity index (χ0n) is 15.2. The smallest absolute Gasteiger partial charge is 0.240 e. The fourth-order valence-electron chi connectivity index (χ4n) is 2.72. The Balaban J connectivity index is 0.00000312. The van der Waals surface area contributed by atoms with Crippen LogP contribution in [0.1, 0.15) is 45.2 Å². The minimum Gasteiger partial charge on any atom is -0.490 e. The summed E-state index contributed by atoms with van der Waals surface area (Å²) in [6, 6.07) is 5.55. The van der Waals surface area contributed by atoms with E-state index in [0.29, 0.717) is 50.8 Å². The molecule has 0 saturated carbocycles. The molecule has 0 aliphatic carbocycles. The third-order valence-corrected chi connectivity index (χ3v) is 4.25. The Bertz CT molecular complexity index is 562. The fourth-order valence-corrected chi connectivity index (χ4v) is 2.72. The van der Waals surface area contributed by atoms with Crippen LogP contribution in [0.15, 0.2) is 18.2 Å². The van der Waals surface area contributed by atoms with E-state index in [1.54, 1.807) is 0 Å². The van der Waals surface area contributed by atoms with Gasteiger partial charge in [0.25, 0.3) is 0 Å². The standard InChI is InChI=1S/C18H28N2O4.ClH/c1-4-23-15-7-6-14(12-16(15)24-5-2)13(3)20-17(21)18(19)8-10-22-11-9-18;/h6-7,12-13H,4-5,8-11,19H2,1-3H3,(H,20,21);1H. The molecular weight excluding hydrogens is 344 g/mol. The van der Waals surface area contributed by atoms with Crippen molar-refractivity contribution < 1.29 is 19.0 Å². The highest BCUT2D eigenvalue weighted by Gasteiger charge is 2.36. The average molecular weight is 373 g/mol. The lowest BCUT2D eigenvalue weighted by Crippen LogP contribution is -2.57.